The van der Waals surface area contributed by atoms with Gasteiger partial charge in [-0.2, -0.15) is 18.3 Å². The summed E-state index contributed by atoms with van der Waals surface area (Å²) >= 11 is 0. The van der Waals surface area contributed by atoms with Crippen molar-refractivity contribution in [2.45, 2.75) is 26.1 Å². The Hall–Kier alpha value is -2.31. The molecule has 0 aliphatic rings. The smallest absolute Gasteiger partial charge is 0.417 e. The predicted molar refractivity (Wildman–Crippen MR) is 69.9 cm³/mol. The molecule has 1 N–H and O–H groups in total. The van der Waals surface area contributed by atoms with Crippen molar-refractivity contribution < 1.29 is 23.1 Å². The maximum Gasteiger partial charge on any atom is 0.417 e. The molecule has 1 heterocycles. The summed E-state index contributed by atoms with van der Waals surface area (Å²) in [5, 5.41) is 12.9. The average molecular weight is 298 g/mol. The first-order chi connectivity index (χ1) is 9.84. The van der Waals surface area contributed by atoms with Crippen LogP contribution in [0.25, 0.3) is 11.3 Å². The number of hydrogen-bond acceptors (Lipinski definition) is 2. The molecule has 1 aromatic carbocycles. The highest BCUT2D eigenvalue weighted by Gasteiger charge is 2.35. The van der Waals surface area contributed by atoms with Crippen molar-refractivity contribution in [3.05, 3.63) is 41.6 Å². The summed E-state index contributed by atoms with van der Waals surface area (Å²) < 4.78 is 40.6. The van der Waals surface area contributed by atoms with Crippen LogP contribution in [0.15, 0.2) is 30.5 Å². The monoisotopic (exact) mass is 298 g/mol. The molecule has 0 aliphatic heterocycles. The van der Waals surface area contributed by atoms with Gasteiger partial charge in [0.1, 0.15) is 0 Å². The van der Waals surface area contributed by atoms with E-state index in [-0.39, 0.29) is 0 Å². The molecular formula is C14H13F3N2O2. The highest BCUT2D eigenvalue weighted by atomic mass is 19.4. The normalized spacial score (nSPS) is 11.6. The van der Waals surface area contributed by atoms with Crippen LogP contribution in [0.3, 0.4) is 0 Å². The summed E-state index contributed by atoms with van der Waals surface area (Å²) in [6.45, 7) is 2.50. The number of aryl methyl sites for hydroxylation is 1. The molecule has 112 valence electrons. The number of rotatable bonds is 4. The minimum atomic E-state index is -4.72. The number of alkyl halides is 3. The van der Waals surface area contributed by atoms with Gasteiger partial charge in [0.15, 0.2) is 0 Å². The molecule has 0 saturated heterocycles. The van der Waals surface area contributed by atoms with E-state index >= 15 is 0 Å². The van der Waals surface area contributed by atoms with Gasteiger partial charge in [-0.05, 0) is 24.6 Å². The van der Waals surface area contributed by atoms with Crippen LogP contribution < -0.4 is 0 Å². The largest absolute Gasteiger partial charge is 0.478 e. The second kappa shape index (κ2) is 5.59. The Morgan fingerprint density at radius 1 is 1.33 bits per heavy atom. The summed E-state index contributed by atoms with van der Waals surface area (Å²) in [7, 11) is 0. The van der Waals surface area contributed by atoms with Gasteiger partial charge in [0.25, 0.3) is 0 Å². The SMILES string of the molecule is CCCn1nccc1-c1ccc(C(=O)O)c(C(F)(F)F)c1. The molecule has 1 aromatic heterocycles. The fourth-order valence-electron chi connectivity index (χ4n) is 2.09. The molecule has 7 heteroatoms. The molecule has 0 aliphatic carbocycles. The molecule has 2 aromatic rings. The van der Waals surface area contributed by atoms with Crippen molar-refractivity contribution in [1.29, 1.82) is 0 Å². The van der Waals surface area contributed by atoms with Gasteiger partial charge >= 0.3 is 12.1 Å². The van der Waals surface area contributed by atoms with Gasteiger partial charge in [-0.3, -0.25) is 4.68 Å². The molecule has 0 amide bonds. The highest BCUT2D eigenvalue weighted by molar-refractivity contribution is 5.90. The Kier molecular flexibility index (Phi) is 4.02. The Bertz CT molecular complexity index is 662. The van der Waals surface area contributed by atoms with Crippen LogP contribution in [0.2, 0.25) is 0 Å². The molecule has 0 spiro atoms. The van der Waals surface area contributed by atoms with Crippen molar-refractivity contribution in [3.8, 4) is 11.3 Å². The lowest BCUT2D eigenvalue weighted by atomic mass is 10.0. The van der Waals surface area contributed by atoms with Gasteiger partial charge in [-0.1, -0.05) is 13.0 Å². The number of halogens is 3. The van der Waals surface area contributed by atoms with Crippen LogP contribution in [0.5, 0.6) is 0 Å². The summed E-state index contributed by atoms with van der Waals surface area (Å²) in [5.41, 5.74) is -1.10. The first-order valence-corrected chi connectivity index (χ1v) is 6.31. The van der Waals surface area contributed by atoms with Crippen LogP contribution in [-0.4, -0.2) is 20.9 Å². The third-order valence-corrected chi connectivity index (χ3v) is 3.00. The van der Waals surface area contributed by atoms with Crippen molar-refractivity contribution in [2.24, 2.45) is 0 Å². The zero-order chi connectivity index (χ0) is 15.6. The molecule has 0 fully saturated rings. The van der Waals surface area contributed by atoms with Crippen LogP contribution in [-0.2, 0) is 12.7 Å². The summed E-state index contributed by atoms with van der Waals surface area (Å²) in [6, 6.07) is 4.80. The maximum atomic E-state index is 13.0. The number of nitrogens with zero attached hydrogens (tertiary/aromatic N) is 2. The summed E-state index contributed by atoms with van der Waals surface area (Å²) in [6.07, 6.45) is -2.43. The second-order valence-corrected chi connectivity index (χ2v) is 4.50. The third-order valence-electron chi connectivity index (χ3n) is 3.00. The van der Waals surface area contributed by atoms with E-state index in [1.54, 1.807) is 10.7 Å². The minimum Gasteiger partial charge on any atom is -0.478 e. The fourth-order valence-corrected chi connectivity index (χ4v) is 2.09. The van der Waals surface area contributed by atoms with Gasteiger partial charge in [-0.15, -0.1) is 0 Å². The maximum absolute atomic E-state index is 13.0. The second-order valence-electron chi connectivity index (χ2n) is 4.50. The highest BCUT2D eigenvalue weighted by Crippen LogP contribution is 2.35. The number of benzene rings is 1. The average Bonchev–Trinajstić information content (AvgIpc) is 2.85. The van der Waals surface area contributed by atoms with Crippen LogP contribution >= 0.6 is 0 Å². The standard InChI is InChI=1S/C14H13F3N2O2/c1-2-7-19-12(5-6-18-19)9-3-4-10(13(20)21)11(8-9)14(15,16)17/h3-6,8H,2,7H2,1H3,(H,20,21). The van der Waals surface area contributed by atoms with E-state index in [1.807, 2.05) is 6.92 Å². The number of aromatic carboxylic acids is 1. The van der Waals surface area contributed by atoms with E-state index in [0.717, 1.165) is 18.6 Å². The van der Waals surface area contributed by atoms with Gasteiger partial charge < -0.3 is 5.11 Å². The first-order valence-electron chi connectivity index (χ1n) is 6.31. The molecule has 2 rings (SSSR count). The number of aromatic nitrogens is 2. The number of carbonyl (C=O) groups is 1. The molecule has 4 nitrogen and oxygen atoms in total. The van der Waals surface area contributed by atoms with Gasteiger partial charge in [0.05, 0.1) is 16.8 Å². The summed E-state index contributed by atoms with van der Waals surface area (Å²) in [4.78, 5) is 10.9. The Morgan fingerprint density at radius 3 is 2.62 bits per heavy atom. The molecular weight excluding hydrogens is 285 g/mol. The van der Waals surface area contributed by atoms with Crippen molar-refractivity contribution >= 4 is 5.97 Å². The minimum absolute atomic E-state index is 0.290. The molecule has 0 saturated carbocycles. The van der Waals surface area contributed by atoms with Crippen LogP contribution in [0.1, 0.15) is 29.3 Å². The van der Waals surface area contributed by atoms with E-state index < -0.39 is 23.3 Å². The van der Waals surface area contributed by atoms with Gasteiger partial charge in [0, 0.05) is 18.3 Å². The zero-order valence-corrected chi connectivity index (χ0v) is 11.2. The lowest BCUT2D eigenvalue weighted by Gasteiger charge is -2.13. The first kappa shape index (κ1) is 15.1. The lowest BCUT2D eigenvalue weighted by molar-refractivity contribution is -0.138. The van der Waals surface area contributed by atoms with E-state index in [1.165, 1.54) is 12.3 Å². The molecule has 0 bridgehead atoms. The molecule has 0 atom stereocenters. The lowest BCUT2D eigenvalue weighted by Crippen LogP contribution is -2.13. The molecule has 0 unspecified atom stereocenters. The van der Waals surface area contributed by atoms with Crippen molar-refractivity contribution in [2.75, 3.05) is 0 Å². The molecule has 0 radical (unpaired) electrons. The number of carboxylic acids is 1. The number of hydrogen-bond donors (Lipinski definition) is 1. The fraction of sp³-hybridized carbons (Fsp3) is 0.286. The van der Waals surface area contributed by atoms with Crippen molar-refractivity contribution in [3.63, 3.8) is 0 Å². The van der Waals surface area contributed by atoms with Crippen molar-refractivity contribution in [1.82, 2.24) is 9.78 Å². The Balaban J connectivity index is 2.57. The third kappa shape index (κ3) is 3.07. The van der Waals surface area contributed by atoms with Gasteiger partial charge in [0.2, 0.25) is 0 Å². The van der Waals surface area contributed by atoms with E-state index in [0.29, 0.717) is 17.8 Å². The molecule has 21 heavy (non-hydrogen) atoms. The van der Waals surface area contributed by atoms with E-state index in [4.69, 9.17) is 5.11 Å². The Labute approximate surface area is 118 Å². The van der Waals surface area contributed by atoms with E-state index in [2.05, 4.69) is 5.10 Å². The van der Waals surface area contributed by atoms with Crippen LogP contribution in [0, 0.1) is 0 Å². The number of carboxylic acid groups (broad SMARTS) is 1. The quantitative estimate of drug-likeness (QED) is 0.936. The van der Waals surface area contributed by atoms with Crippen LogP contribution in [0.4, 0.5) is 13.2 Å². The van der Waals surface area contributed by atoms with E-state index in [9.17, 15) is 18.0 Å². The predicted octanol–water partition coefficient (Wildman–Crippen LogP) is 3.68. The zero-order valence-electron chi connectivity index (χ0n) is 11.2. The summed E-state index contributed by atoms with van der Waals surface area (Å²) in [5.74, 6) is -1.60. The Morgan fingerprint density at radius 2 is 2.05 bits per heavy atom. The van der Waals surface area contributed by atoms with Gasteiger partial charge in [-0.25, -0.2) is 4.79 Å². The topological polar surface area (TPSA) is 55.1 Å².